The van der Waals surface area contributed by atoms with Gasteiger partial charge in [0.15, 0.2) is 0 Å². The molecular weight excluding hydrogens is 260 g/mol. The van der Waals surface area contributed by atoms with Gasteiger partial charge in [0.1, 0.15) is 6.04 Å². The maximum Gasteiger partial charge on any atom is 0.251 e. The Kier molecular flexibility index (Phi) is 3.85. The summed E-state index contributed by atoms with van der Waals surface area (Å²) in [5.74, 6) is -0.874. The van der Waals surface area contributed by atoms with Gasteiger partial charge in [0.05, 0.1) is 0 Å². The maximum atomic E-state index is 11.6. The van der Waals surface area contributed by atoms with Crippen LogP contribution < -0.4 is 11.1 Å². The van der Waals surface area contributed by atoms with E-state index in [-0.39, 0.29) is 5.91 Å². The Morgan fingerprint density at radius 2 is 2.13 bits per heavy atom. The quantitative estimate of drug-likeness (QED) is 0.862. The lowest BCUT2D eigenvalue weighted by Gasteiger charge is -2.09. The summed E-state index contributed by atoms with van der Waals surface area (Å²) in [5.41, 5.74) is 5.51. The van der Waals surface area contributed by atoms with Crippen LogP contribution in [-0.4, -0.2) is 17.9 Å². The first kappa shape index (κ1) is 11.7. The van der Waals surface area contributed by atoms with Crippen molar-refractivity contribution in [3.8, 4) is 0 Å². The summed E-state index contributed by atoms with van der Waals surface area (Å²) >= 11 is 3.25. The van der Waals surface area contributed by atoms with E-state index in [4.69, 9.17) is 5.73 Å². The predicted octanol–water partition coefficient (Wildman–Crippen LogP) is 1.05. The number of carbonyl (C=O) groups is 2. The molecule has 0 bridgehead atoms. The molecule has 0 aromatic heterocycles. The molecule has 0 fully saturated rings. The normalized spacial score (nSPS) is 11.9. The van der Waals surface area contributed by atoms with E-state index in [1.54, 1.807) is 18.2 Å². The Hall–Kier alpha value is -1.36. The fourth-order valence-corrected chi connectivity index (χ4v) is 1.38. The van der Waals surface area contributed by atoms with Gasteiger partial charge in [0, 0.05) is 10.0 Å². The van der Waals surface area contributed by atoms with E-state index in [0.717, 1.165) is 4.47 Å². The zero-order chi connectivity index (χ0) is 11.4. The number of rotatable bonds is 3. The van der Waals surface area contributed by atoms with Crippen molar-refractivity contribution in [1.29, 1.82) is 0 Å². The molecule has 1 aromatic rings. The smallest absolute Gasteiger partial charge is 0.251 e. The molecule has 0 heterocycles. The van der Waals surface area contributed by atoms with Crippen LogP contribution in [0.1, 0.15) is 17.3 Å². The van der Waals surface area contributed by atoms with Crippen molar-refractivity contribution in [3.05, 3.63) is 34.3 Å². The summed E-state index contributed by atoms with van der Waals surface area (Å²) in [6, 6.07) is 6.22. The average molecular weight is 271 g/mol. The van der Waals surface area contributed by atoms with Crippen molar-refractivity contribution in [2.24, 2.45) is 5.73 Å². The van der Waals surface area contributed by atoms with Crippen LogP contribution in [0.5, 0.6) is 0 Å². The largest absolute Gasteiger partial charge is 0.368 e. The van der Waals surface area contributed by atoms with Crippen LogP contribution in [0.25, 0.3) is 0 Å². The van der Waals surface area contributed by atoms with Gasteiger partial charge in [-0.2, -0.15) is 0 Å². The van der Waals surface area contributed by atoms with Crippen LogP contribution in [0.3, 0.4) is 0 Å². The maximum absolute atomic E-state index is 11.6. The molecule has 0 aliphatic rings. The van der Waals surface area contributed by atoms with Gasteiger partial charge in [-0.05, 0) is 25.1 Å². The molecule has 0 saturated heterocycles. The molecule has 1 atom stereocenters. The molecule has 0 radical (unpaired) electrons. The van der Waals surface area contributed by atoms with Gasteiger partial charge in [0.2, 0.25) is 5.91 Å². The molecule has 0 spiro atoms. The van der Waals surface area contributed by atoms with Crippen molar-refractivity contribution >= 4 is 27.7 Å². The summed E-state index contributed by atoms with van der Waals surface area (Å²) in [5, 5.41) is 2.49. The number of hydrogen-bond acceptors (Lipinski definition) is 2. The van der Waals surface area contributed by atoms with Crippen molar-refractivity contribution in [2.45, 2.75) is 13.0 Å². The number of halogens is 1. The number of benzene rings is 1. The molecule has 5 heteroatoms. The number of carbonyl (C=O) groups excluding carboxylic acids is 2. The molecule has 0 aliphatic heterocycles. The highest BCUT2D eigenvalue weighted by Crippen LogP contribution is 2.11. The fourth-order valence-electron chi connectivity index (χ4n) is 0.981. The minimum absolute atomic E-state index is 0.317. The highest BCUT2D eigenvalue weighted by atomic mass is 79.9. The molecular formula is C10H11BrN2O2. The topological polar surface area (TPSA) is 72.2 Å². The van der Waals surface area contributed by atoms with Gasteiger partial charge in [0.25, 0.3) is 5.91 Å². The molecule has 0 saturated carbocycles. The van der Waals surface area contributed by atoms with Crippen LogP contribution in [0.4, 0.5) is 0 Å². The third kappa shape index (κ3) is 3.36. The van der Waals surface area contributed by atoms with Gasteiger partial charge in [-0.1, -0.05) is 22.0 Å². The van der Waals surface area contributed by atoms with Crippen LogP contribution in [0, 0.1) is 0 Å². The van der Waals surface area contributed by atoms with Crippen molar-refractivity contribution in [2.75, 3.05) is 0 Å². The van der Waals surface area contributed by atoms with Crippen molar-refractivity contribution in [1.82, 2.24) is 5.32 Å². The van der Waals surface area contributed by atoms with Gasteiger partial charge >= 0.3 is 0 Å². The van der Waals surface area contributed by atoms with Crippen LogP contribution >= 0.6 is 15.9 Å². The minimum atomic E-state index is -0.670. The second kappa shape index (κ2) is 4.93. The first-order valence-electron chi connectivity index (χ1n) is 4.36. The SMILES string of the molecule is C[C@H](NC(=O)c1cccc(Br)c1)C(N)=O. The summed E-state index contributed by atoms with van der Waals surface area (Å²) in [6.45, 7) is 1.54. The van der Waals surface area contributed by atoms with E-state index < -0.39 is 11.9 Å². The van der Waals surface area contributed by atoms with Gasteiger partial charge in [-0.25, -0.2) is 0 Å². The summed E-state index contributed by atoms with van der Waals surface area (Å²) < 4.78 is 0.807. The molecule has 4 nitrogen and oxygen atoms in total. The predicted molar refractivity (Wildman–Crippen MR) is 60.3 cm³/mol. The molecule has 1 aromatic carbocycles. The van der Waals surface area contributed by atoms with Crippen molar-refractivity contribution < 1.29 is 9.59 Å². The third-order valence-electron chi connectivity index (χ3n) is 1.86. The molecule has 15 heavy (non-hydrogen) atoms. The van der Waals surface area contributed by atoms with E-state index >= 15 is 0 Å². The van der Waals surface area contributed by atoms with E-state index in [1.807, 2.05) is 6.07 Å². The fraction of sp³-hybridized carbons (Fsp3) is 0.200. The molecule has 80 valence electrons. The highest BCUT2D eigenvalue weighted by molar-refractivity contribution is 9.10. The Bertz CT molecular complexity index is 393. The zero-order valence-corrected chi connectivity index (χ0v) is 9.74. The van der Waals surface area contributed by atoms with Crippen LogP contribution in [-0.2, 0) is 4.79 Å². The molecule has 2 amide bonds. The lowest BCUT2D eigenvalue weighted by Crippen LogP contribution is -2.42. The molecule has 0 aliphatic carbocycles. The average Bonchev–Trinajstić information content (AvgIpc) is 2.17. The Morgan fingerprint density at radius 3 is 2.67 bits per heavy atom. The van der Waals surface area contributed by atoms with E-state index in [2.05, 4.69) is 21.2 Å². The molecule has 1 rings (SSSR count). The van der Waals surface area contributed by atoms with Crippen molar-refractivity contribution in [3.63, 3.8) is 0 Å². The Morgan fingerprint density at radius 1 is 1.47 bits per heavy atom. The first-order valence-corrected chi connectivity index (χ1v) is 5.15. The minimum Gasteiger partial charge on any atom is -0.368 e. The number of amides is 2. The summed E-state index contributed by atoms with van der Waals surface area (Å²) in [4.78, 5) is 22.3. The lowest BCUT2D eigenvalue weighted by atomic mass is 10.2. The second-order valence-corrected chi connectivity index (χ2v) is 4.02. The van der Waals surface area contributed by atoms with Gasteiger partial charge < -0.3 is 11.1 Å². The number of primary amides is 1. The Balaban J connectivity index is 2.73. The lowest BCUT2D eigenvalue weighted by molar-refractivity contribution is -0.119. The number of hydrogen-bond donors (Lipinski definition) is 2. The number of nitrogens with one attached hydrogen (secondary N) is 1. The zero-order valence-electron chi connectivity index (χ0n) is 8.16. The van der Waals surface area contributed by atoms with Crippen LogP contribution in [0.2, 0.25) is 0 Å². The first-order chi connectivity index (χ1) is 7.00. The standard InChI is InChI=1S/C10H11BrN2O2/c1-6(9(12)14)13-10(15)7-3-2-4-8(11)5-7/h2-6H,1H3,(H2,12,14)(H,13,15)/t6-/m0/s1. The van der Waals surface area contributed by atoms with E-state index in [0.29, 0.717) is 5.56 Å². The summed E-state index contributed by atoms with van der Waals surface area (Å²) in [7, 11) is 0. The molecule has 3 N–H and O–H groups in total. The van der Waals surface area contributed by atoms with E-state index in [1.165, 1.54) is 6.92 Å². The van der Waals surface area contributed by atoms with Gasteiger partial charge in [-0.15, -0.1) is 0 Å². The highest BCUT2D eigenvalue weighted by Gasteiger charge is 2.13. The Labute approximate surface area is 96.0 Å². The molecule has 0 unspecified atom stereocenters. The van der Waals surface area contributed by atoms with Gasteiger partial charge in [-0.3, -0.25) is 9.59 Å². The summed E-state index contributed by atoms with van der Waals surface area (Å²) in [6.07, 6.45) is 0. The third-order valence-corrected chi connectivity index (χ3v) is 2.35. The van der Waals surface area contributed by atoms with Crippen LogP contribution in [0.15, 0.2) is 28.7 Å². The monoisotopic (exact) mass is 270 g/mol. The number of nitrogens with two attached hydrogens (primary N) is 1. The van der Waals surface area contributed by atoms with E-state index in [9.17, 15) is 9.59 Å². The second-order valence-electron chi connectivity index (χ2n) is 3.11.